The molecule has 0 aromatic heterocycles. The number of anilines is 1. The van der Waals surface area contributed by atoms with Gasteiger partial charge in [-0.15, -0.1) is 0 Å². The number of carbonyl (C=O) groups is 2. The fourth-order valence-corrected chi connectivity index (χ4v) is 2.06. The first-order chi connectivity index (χ1) is 12.3. The number of amides is 1. The van der Waals surface area contributed by atoms with Crippen molar-refractivity contribution < 1.29 is 23.5 Å². The molecule has 26 heavy (non-hydrogen) atoms. The van der Waals surface area contributed by atoms with Crippen LogP contribution in [0.3, 0.4) is 0 Å². The topological polar surface area (TPSA) is 64.6 Å². The maximum Gasteiger partial charge on any atom is 0.338 e. The molecule has 0 aliphatic rings. The number of esters is 1. The zero-order valence-corrected chi connectivity index (χ0v) is 15.0. The van der Waals surface area contributed by atoms with Crippen molar-refractivity contribution in [2.24, 2.45) is 0 Å². The molecule has 1 atom stereocenters. The van der Waals surface area contributed by atoms with Gasteiger partial charge in [0.15, 0.2) is 6.10 Å². The minimum Gasteiger partial charge on any atom is -0.449 e. The maximum absolute atomic E-state index is 12.9. The molecule has 2 rings (SSSR count). The molecular formula is C20H22FNO4. The van der Waals surface area contributed by atoms with E-state index in [4.69, 9.17) is 9.47 Å². The van der Waals surface area contributed by atoms with E-state index in [1.54, 1.807) is 24.3 Å². The van der Waals surface area contributed by atoms with Crippen LogP contribution in [0.4, 0.5) is 10.1 Å². The Hall–Kier alpha value is -2.73. The zero-order chi connectivity index (χ0) is 19.1. The summed E-state index contributed by atoms with van der Waals surface area (Å²) in [7, 11) is 0. The van der Waals surface area contributed by atoms with Gasteiger partial charge in [-0.2, -0.15) is 0 Å². The molecule has 0 aliphatic carbocycles. The molecule has 0 unspecified atom stereocenters. The van der Waals surface area contributed by atoms with E-state index in [1.807, 2.05) is 13.8 Å². The molecule has 0 fully saturated rings. The fourth-order valence-electron chi connectivity index (χ4n) is 2.06. The van der Waals surface area contributed by atoms with Gasteiger partial charge in [0.2, 0.25) is 0 Å². The van der Waals surface area contributed by atoms with Crippen LogP contribution in [0.1, 0.15) is 36.7 Å². The second-order valence-electron chi connectivity index (χ2n) is 6.10. The quantitative estimate of drug-likeness (QED) is 0.761. The van der Waals surface area contributed by atoms with Gasteiger partial charge in [-0.25, -0.2) is 9.18 Å². The third kappa shape index (κ3) is 5.97. The molecule has 0 bridgehead atoms. The number of nitrogens with one attached hydrogen (secondary N) is 1. The predicted octanol–water partition coefficient (Wildman–Crippen LogP) is 3.93. The molecule has 0 saturated carbocycles. The molecule has 0 aliphatic heterocycles. The summed E-state index contributed by atoms with van der Waals surface area (Å²) >= 11 is 0. The number of rotatable bonds is 7. The first-order valence-electron chi connectivity index (χ1n) is 8.33. The molecule has 1 amide bonds. The molecule has 6 heteroatoms. The van der Waals surface area contributed by atoms with Crippen molar-refractivity contribution >= 4 is 17.6 Å². The van der Waals surface area contributed by atoms with E-state index < -0.39 is 23.8 Å². The van der Waals surface area contributed by atoms with Gasteiger partial charge in [-0.1, -0.05) is 12.1 Å². The summed E-state index contributed by atoms with van der Waals surface area (Å²) in [5.74, 6) is -1.49. The van der Waals surface area contributed by atoms with Crippen molar-refractivity contribution in [3.8, 4) is 0 Å². The Balaban J connectivity index is 1.89. The van der Waals surface area contributed by atoms with Crippen LogP contribution in [0.2, 0.25) is 0 Å². The van der Waals surface area contributed by atoms with Crippen LogP contribution < -0.4 is 5.32 Å². The van der Waals surface area contributed by atoms with Crippen molar-refractivity contribution in [1.82, 2.24) is 0 Å². The smallest absolute Gasteiger partial charge is 0.338 e. The molecule has 138 valence electrons. The molecule has 2 aromatic rings. The minimum atomic E-state index is -0.989. The number of halogens is 1. The van der Waals surface area contributed by atoms with E-state index in [2.05, 4.69) is 5.32 Å². The number of benzene rings is 2. The monoisotopic (exact) mass is 359 g/mol. The van der Waals surface area contributed by atoms with E-state index in [1.165, 1.54) is 31.2 Å². The average Bonchev–Trinajstić information content (AvgIpc) is 2.62. The number of ether oxygens (including phenoxy) is 2. The molecule has 0 spiro atoms. The van der Waals surface area contributed by atoms with Gasteiger partial charge in [0.1, 0.15) is 5.82 Å². The Labute approximate surface area is 152 Å². The SMILES string of the molecule is CC(C)OCc1ccc(C(=O)O[C@@H](C)C(=O)Nc2ccc(F)cc2)cc1. The summed E-state index contributed by atoms with van der Waals surface area (Å²) < 4.78 is 23.5. The lowest BCUT2D eigenvalue weighted by Gasteiger charge is -2.14. The summed E-state index contributed by atoms with van der Waals surface area (Å²) in [5.41, 5.74) is 1.71. The van der Waals surface area contributed by atoms with Gasteiger partial charge < -0.3 is 14.8 Å². The van der Waals surface area contributed by atoms with Gasteiger partial charge in [0.05, 0.1) is 18.3 Å². The third-order valence-electron chi connectivity index (χ3n) is 3.54. The Kier molecular flexibility index (Phi) is 6.86. The minimum absolute atomic E-state index is 0.125. The van der Waals surface area contributed by atoms with E-state index in [0.29, 0.717) is 17.9 Å². The first kappa shape index (κ1) is 19.6. The number of carbonyl (C=O) groups excluding carboxylic acids is 2. The summed E-state index contributed by atoms with van der Waals surface area (Å²) in [6, 6.07) is 12.1. The lowest BCUT2D eigenvalue weighted by molar-refractivity contribution is -0.123. The summed E-state index contributed by atoms with van der Waals surface area (Å²) in [4.78, 5) is 24.2. The van der Waals surface area contributed by atoms with Crippen LogP contribution in [0, 0.1) is 5.82 Å². The van der Waals surface area contributed by atoms with Crippen molar-refractivity contribution in [3.05, 3.63) is 65.5 Å². The van der Waals surface area contributed by atoms with Crippen molar-refractivity contribution in [2.75, 3.05) is 5.32 Å². The molecule has 2 aromatic carbocycles. The molecule has 5 nitrogen and oxygen atoms in total. The van der Waals surface area contributed by atoms with Crippen LogP contribution in [0.25, 0.3) is 0 Å². The average molecular weight is 359 g/mol. The lowest BCUT2D eigenvalue weighted by Crippen LogP contribution is -2.30. The van der Waals surface area contributed by atoms with Crippen LogP contribution in [-0.2, 0) is 20.9 Å². The lowest BCUT2D eigenvalue weighted by atomic mass is 10.1. The molecule has 0 radical (unpaired) electrons. The van der Waals surface area contributed by atoms with Crippen molar-refractivity contribution in [1.29, 1.82) is 0 Å². The van der Waals surface area contributed by atoms with Crippen LogP contribution in [0.15, 0.2) is 48.5 Å². The normalized spacial score (nSPS) is 11.9. The van der Waals surface area contributed by atoms with E-state index in [0.717, 1.165) is 5.56 Å². The van der Waals surface area contributed by atoms with Gasteiger partial charge in [-0.3, -0.25) is 4.79 Å². The molecular weight excluding hydrogens is 337 g/mol. The Morgan fingerprint density at radius 2 is 1.62 bits per heavy atom. The first-order valence-corrected chi connectivity index (χ1v) is 8.33. The summed E-state index contributed by atoms with van der Waals surface area (Å²) in [5, 5.41) is 2.56. The summed E-state index contributed by atoms with van der Waals surface area (Å²) in [6.45, 7) is 5.83. The molecule has 1 N–H and O–H groups in total. The second kappa shape index (κ2) is 9.10. The van der Waals surface area contributed by atoms with Gasteiger partial charge in [-0.05, 0) is 62.7 Å². The second-order valence-corrected chi connectivity index (χ2v) is 6.10. The zero-order valence-electron chi connectivity index (χ0n) is 15.0. The third-order valence-corrected chi connectivity index (χ3v) is 3.54. The molecule has 0 saturated heterocycles. The highest BCUT2D eigenvalue weighted by molar-refractivity contribution is 5.97. The highest BCUT2D eigenvalue weighted by atomic mass is 19.1. The van der Waals surface area contributed by atoms with Crippen LogP contribution in [-0.4, -0.2) is 24.1 Å². The number of hydrogen-bond acceptors (Lipinski definition) is 4. The highest BCUT2D eigenvalue weighted by Crippen LogP contribution is 2.12. The van der Waals surface area contributed by atoms with E-state index in [-0.39, 0.29) is 6.10 Å². The van der Waals surface area contributed by atoms with E-state index in [9.17, 15) is 14.0 Å². The van der Waals surface area contributed by atoms with Crippen LogP contribution >= 0.6 is 0 Å². The van der Waals surface area contributed by atoms with Gasteiger partial charge in [0, 0.05) is 5.69 Å². The Bertz CT molecular complexity index is 741. The molecule has 0 heterocycles. The Morgan fingerprint density at radius 1 is 1.00 bits per heavy atom. The summed E-state index contributed by atoms with van der Waals surface area (Å²) in [6.07, 6.45) is -0.864. The Morgan fingerprint density at radius 3 is 2.19 bits per heavy atom. The van der Waals surface area contributed by atoms with Crippen molar-refractivity contribution in [2.45, 2.75) is 39.6 Å². The van der Waals surface area contributed by atoms with Crippen LogP contribution in [0.5, 0.6) is 0 Å². The highest BCUT2D eigenvalue weighted by Gasteiger charge is 2.19. The largest absolute Gasteiger partial charge is 0.449 e. The standard InChI is InChI=1S/C20H22FNO4/c1-13(2)25-12-15-4-6-16(7-5-15)20(24)26-14(3)19(23)22-18-10-8-17(21)9-11-18/h4-11,13-14H,12H2,1-3H3,(H,22,23)/t14-/m0/s1. The van der Waals surface area contributed by atoms with E-state index >= 15 is 0 Å². The fraction of sp³-hybridized carbons (Fsp3) is 0.300. The van der Waals surface area contributed by atoms with Crippen molar-refractivity contribution in [3.63, 3.8) is 0 Å². The predicted molar refractivity (Wildman–Crippen MR) is 96.3 cm³/mol. The van der Waals surface area contributed by atoms with Gasteiger partial charge in [0.25, 0.3) is 5.91 Å². The maximum atomic E-state index is 12.9. The van der Waals surface area contributed by atoms with Gasteiger partial charge >= 0.3 is 5.97 Å². The number of hydrogen-bond donors (Lipinski definition) is 1.